The van der Waals surface area contributed by atoms with Crippen LogP contribution in [0.15, 0.2) is 0 Å². The molecule has 1 heterocycles. The molecular weight excluding hydrogens is 240 g/mol. The molecule has 0 aromatic heterocycles. The predicted molar refractivity (Wildman–Crippen MR) is 79.6 cm³/mol. The van der Waals surface area contributed by atoms with Crippen molar-refractivity contribution in [1.82, 2.24) is 10.2 Å². The van der Waals surface area contributed by atoms with E-state index in [1.165, 1.54) is 0 Å². The summed E-state index contributed by atoms with van der Waals surface area (Å²) in [6.45, 7) is 13.7. The first-order chi connectivity index (χ1) is 9.02. The van der Waals surface area contributed by atoms with E-state index in [1.54, 1.807) is 7.11 Å². The second-order valence-corrected chi connectivity index (χ2v) is 5.97. The Kier molecular flexibility index (Phi) is 7.29. The van der Waals surface area contributed by atoms with Crippen molar-refractivity contribution in [2.75, 3.05) is 39.9 Å². The molecule has 0 radical (unpaired) electrons. The molecule has 0 spiro atoms. The first-order valence-corrected chi connectivity index (χ1v) is 7.65. The number of hydrogen-bond donors (Lipinski definition) is 1. The second kappa shape index (κ2) is 8.20. The SMILES string of the molecule is CCNC(CCC(C)(C)OC)C1CN(CC)CCO1. The van der Waals surface area contributed by atoms with E-state index in [1.807, 2.05) is 0 Å². The molecule has 0 bridgehead atoms. The zero-order valence-corrected chi connectivity index (χ0v) is 13.4. The molecule has 1 N–H and O–H groups in total. The minimum atomic E-state index is -0.0488. The summed E-state index contributed by atoms with van der Waals surface area (Å²) in [5, 5.41) is 3.59. The van der Waals surface area contributed by atoms with Crippen LogP contribution in [0.5, 0.6) is 0 Å². The highest BCUT2D eigenvalue weighted by Gasteiger charge is 2.28. The van der Waals surface area contributed by atoms with Gasteiger partial charge in [-0.25, -0.2) is 0 Å². The maximum absolute atomic E-state index is 5.98. The Balaban J connectivity index is 2.51. The normalized spacial score (nSPS) is 23.5. The second-order valence-electron chi connectivity index (χ2n) is 5.97. The fourth-order valence-electron chi connectivity index (χ4n) is 2.55. The van der Waals surface area contributed by atoms with Crippen LogP contribution in [0.1, 0.15) is 40.5 Å². The minimum Gasteiger partial charge on any atom is -0.379 e. The Hall–Kier alpha value is -0.160. The number of hydrogen-bond acceptors (Lipinski definition) is 4. The molecule has 2 atom stereocenters. The summed E-state index contributed by atoms with van der Waals surface area (Å²) < 4.78 is 11.5. The zero-order chi connectivity index (χ0) is 14.3. The molecule has 4 nitrogen and oxygen atoms in total. The van der Waals surface area contributed by atoms with Gasteiger partial charge in [0.25, 0.3) is 0 Å². The fourth-order valence-corrected chi connectivity index (χ4v) is 2.55. The monoisotopic (exact) mass is 272 g/mol. The molecule has 0 saturated carbocycles. The molecular formula is C15H32N2O2. The van der Waals surface area contributed by atoms with Crippen LogP contribution in [0.3, 0.4) is 0 Å². The number of nitrogens with zero attached hydrogens (tertiary/aromatic N) is 1. The number of nitrogens with one attached hydrogen (secondary N) is 1. The predicted octanol–water partition coefficient (Wildman–Crippen LogP) is 1.89. The van der Waals surface area contributed by atoms with Crippen LogP contribution >= 0.6 is 0 Å². The molecule has 1 aliphatic rings. The Labute approximate surface area is 118 Å². The summed E-state index contributed by atoms with van der Waals surface area (Å²) in [4.78, 5) is 2.47. The van der Waals surface area contributed by atoms with E-state index in [0.29, 0.717) is 12.1 Å². The molecule has 1 fully saturated rings. The minimum absolute atomic E-state index is 0.0488. The molecule has 114 valence electrons. The van der Waals surface area contributed by atoms with E-state index in [4.69, 9.17) is 9.47 Å². The average Bonchev–Trinajstić information content (AvgIpc) is 2.43. The fraction of sp³-hybridized carbons (Fsp3) is 1.00. The smallest absolute Gasteiger partial charge is 0.0855 e. The van der Waals surface area contributed by atoms with Crippen LogP contribution in [0.25, 0.3) is 0 Å². The third-order valence-electron chi connectivity index (χ3n) is 4.15. The average molecular weight is 272 g/mol. The Morgan fingerprint density at radius 1 is 1.42 bits per heavy atom. The molecule has 2 unspecified atom stereocenters. The van der Waals surface area contributed by atoms with E-state index in [-0.39, 0.29) is 5.60 Å². The van der Waals surface area contributed by atoms with Gasteiger partial charge in [0.1, 0.15) is 0 Å². The van der Waals surface area contributed by atoms with Crippen molar-refractivity contribution in [1.29, 1.82) is 0 Å². The largest absolute Gasteiger partial charge is 0.379 e. The maximum atomic E-state index is 5.98. The summed E-state index contributed by atoms with van der Waals surface area (Å²) in [6.07, 6.45) is 2.45. The van der Waals surface area contributed by atoms with Gasteiger partial charge in [-0.3, -0.25) is 4.90 Å². The van der Waals surface area contributed by atoms with Gasteiger partial charge in [-0.15, -0.1) is 0 Å². The van der Waals surface area contributed by atoms with Gasteiger partial charge in [0.05, 0.1) is 18.3 Å². The number of likely N-dealkylation sites (N-methyl/N-ethyl adjacent to an activating group) is 2. The van der Waals surface area contributed by atoms with Crippen molar-refractivity contribution in [2.24, 2.45) is 0 Å². The van der Waals surface area contributed by atoms with Gasteiger partial charge in [0.15, 0.2) is 0 Å². The molecule has 0 aromatic rings. The summed E-state index contributed by atoms with van der Waals surface area (Å²) >= 11 is 0. The quantitative estimate of drug-likeness (QED) is 0.731. The third kappa shape index (κ3) is 5.78. The molecule has 19 heavy (non-hydrogen) atoms. The highest BCUT2D eigenvalue weighted by Crippen LogP contribution is 2.20. The summed E-state index contributed by atoms with van der Waals surface area (Å²) in [7, 11) is 1.79. The lowest BCUT2D eigenvalue weighted by atomic mass is 9.95. The number of ether oxygens (including phenoxy) is 2. The first kappa shape index (κ1) is 16.9. The van der Waals surface area contributed by atoms with Crippen LogP contribution < -0.4 is 5.32 Å². The molecule has 0 aromatic carbocycles. The lowest BCUT2D eigenvalue weighted by Gasteiger charge is -2.38. The number of methoxy groups -OCH3 is 1. The molecule has 1 rings (SSSR count). The Bertz CT molecular complexity index is 246. The number of morpholine rings is 1. The van der Waals surface area contributed by atoms with E-state index in [2.05, 4.69) is 37.9 Å². The topological polar surface area (TPSA) is 33.7 Å². The van der Waals surface area contributed by atoms with E-state index < -0.39 is 0 Å². The van der Waals surface area contributed by atoms with E-state index in [0.717, 1.165) is 45.6 Å². The lowest BCUT2D eigenvalue weighted by molar-refractivity contribution is -0.0521. The van der Waals surface area contributed by atoms with Gasteiger partial charge in [-0.2, -0.15) is 0 Å². The van der Waals surface area contributed by atoms with E-state index in [9.17, 15) is 0 Å². The maximum Gasteiger partial charge on any atom is 0.0855 e. The van der Waals surface area contributed by atoms with Crippen LogP contribution in [0.4, 0.5) is 0 Å². The van der Waals surface area contributed by atoms with Crippen molar-refractivity contribution >= 4 is 0 Å². The molecule has 4 heteroatoms. The van der Waals surface area contributed by atoms with Gasteiger partial charge in [-0.1, -0.05) is 13.8 Å². The van der Waals surface area contributed by atoms with Crippen molar-refractivity contribution in [2.45, 2.75) is 58.3 Å². The van der Waals surface area contributed by atoms with Crippen LogP contribution in [-0.2, 0) is 9.47 Å². The molecule has 0 aliphatic carbocycles. The highest BCUT2D eigenvalue weighted by atomic mass is 16.5. The van der Waals surface area contributed by atoms with Crippen molar-refractivity contribution in [3.8, 4) is 0 Å². The van der Waals surface area contributed by atoms with Crippen LogP contribution in [-0.4, -0.2) is 62.5 Å². The van der Waals surface area contributed by atoms with Crippen molar-refractivity contribution in [3.63, 3.8) is 0 Å². The van der Waals surface area contributed by atoms with Gasteiger partial charge >= 0.3 is 0 Å². The van der Waals surface area contributed by atoms with Crippen molar-refractivity contribution < 1.29 is 9.47 Å². The first-order valence-electron chi connectivity index (χ1n) is 7.65. The number of rotatable bonds is 8. The summed E-state index contributed by atoms with van der Waals surface area (Å²) in [5.41, 5.74) is -0.0488. The summed E-state index contributed by atoms with van der Waals surface area (Å²) in [5.74, 6) is 0. The third-order valence-corrected chi connectivity index (χ3v) is 4.15. The lowest BCUT2D eigenvalue weighted by Crippen LogP contribution is -2.52. The van der Waals surface area contributed by atoms with Crippen molar-refractivity contribution in [3.05, 3.63) is 0 Å². The zero-order valence-electron chi connectivity index (χ0n) is 13.4. The van der Waals surface area contributed by atoms with Gasteiger partial charge < -0.3 is 14.8 Å². The van der Waals surface area contributed by atoms with Crippen LogP contribution in [0, 0.1) is 0 Å². The van der Waals surface area contributed by atoms with Gasteiger partial charge in [-0.05, 0) is 39.8 Å². The summed E-state index contributed by atoms with van der Waals surface area (Å²) in [6, 6.07) is 0.425. The van der Waals surface area contributed by atoms with E-state index >= 15 is 0 Å². The molecule has 0 amide bonds. The highest BCUT2D eigenvalue weighted by molar-refractivity contribution is 4.84. The standard InChI is InChI=1S/C15H32N2O2/c1-6-16-13(8-9-15(3,4)18-5)14-12-17(7-2)10-11-19-14/h13-14,16H,6-12H2,1-5H3. The van der Waals surface area contributed by atoms with Gasteiger partial charge in [0, 0.05) is 26.2 Å². The Morgan fingerprint density at radius 2 is 2.16 bits per heavy atom. The Morgan fingerprint density at radius 3 is 2.74 bits per heavy atom. The molecule has 1 saturated heterocycles. The van der Waals surface area contributed by atoms with Crippen LogP contribution in [0.2, 0.25) is 0 Å². The van der Waals surface area contributed by atoms with Gasteiger partial charge in [0.2, 0.25) is 0 Å². The molecule has 1 aliphatic heterocycles.